The number of ether oxygens (including phenoxy) is 1. The highest BCUT2D eigenvalue weighted by atomic mass is 32.1. The van der Waals surface area contributed by atoms with Crippen molar-refractivity contribution in [2.45, 2.75) is 32.7 Å². The second kappa shape index (κ2) is 10.7. The van der Waals surface area contributed by atoms with Crippen molar-refractivity contribution in [3.05, 3.63) is 87.6 Å². The molecule has 0 aliphatic carbocycles. The first-order valence-electron chi connectivity index (χ1n) is 11.5. The SMILES string of the molecule is CCCN(CC(=O)N1CCc2sccc2C1COc1ccccc1)C(=O)c1ccccc1C. The summed E-state index contributed by atoms with van der Waals surface area (Å²) in [5.41, 5.74) is 2.73. The van der Waals surface area contributed by atoms with Crippen molar-refractivity contribution >= 4 is 23.2 Å². The van der Waals surface area contributed by atoms with Gasteiger partial charge in [0.15, 0.2) is 0 Å². The lowest BCUT2D eigenvalue weighted by Gasteiger charge is -2.37. The monoisotopic (exact) mass is 462 g/mol. The van der Waals surface area contributed by atoms with Crippen LogP contribution in [0.5, 0.6) is 5.75 Å². The van der Waals surface area contributed by atoms with Crippen LogP contribution in [0.4, 0.5) is 0 Å². The molecule has 0 N–H and O–H groups in total. The lowest BCUT2D eigenvalue weighted by Crippen LogP contribution is -2.48. The van der Waals surface area contributed by atoms with Crippen molar-refractivity contribution in [2.75, 3.05) is 26.2 Å². The first-order valence-corrected chi connectivity index (χ1v) is 12.3. The number of para-hydroxylation sites is 1. The van der Waals surface area contributed by atoms with Crippen LogP contribution in [0.25, 0.3) is 0 Å². The van der Waals surface area contributed by atoms with Gasteiger partial charge in [0.25, 0.3) is 5.91 Å². The van der Waals surface area contributed by atoms with Crippen molar-refractivity contribution in [1.82, 2.24) is 9.80 Å². The molecule has 4 rings (SSSR count). The highest BCUT2D eigenvalue weighted by molar-refractivity contribution is 7.10. The van der Waals surface area contributed by atoms with E-state index in [1.54, 1.807) is 16.2 Å². The van der Waals surface area contributed by atoms with E-state index < -0.39 is 0 Å². The summed E-state index contributed by atoms with van der Waals surface area (Å²) in [5.74, 6) is 0.659. The molecule has 0 spiro atoms. The summed E-state index contributed by atoms with van der Waals surface area (Å²) in [4.78, 5) is 31.7. The van der Waals surface area contributed by atoms with Crippen molar-refractivity contribution in [3.8, 4) is 5.75 Å². The van der Waals surface area contributed by atoms with E-state index in [1.807, 2.05) is 73.3 Å². The highest BCUT2D eigenvalue weighted by Crippen LogP contribution is 2.34. The molecular formula is C27H30N2O3S. The summed E-state index contributed by atoms with van der Waals surface area (Å²) >= 11 is 1.73. The van der Waals surface area contributed by atoms with Crippen molar-refractivity contribution < 1.29 is 14.3 Å². The maximum absolute atomic E-state index is 13.5. The Balaban J connectivity index is 1.52. The average Bonchev–Trinajstić information content (AvgIpc) is 3.32. The minimum atomic E-state index is -0.162. The van der Waals surface area contributed by atoms with Gasteiger partial charge in [-0.15, -0.1) is 11.3 Å². The van der Waals surface area contributed by atoms with Gasteiger partial charge in [-0.3, -0.25) is 9.59 Å². The predicted octanol–water partition coefficient (Wildman–Crippen LogP) is 5.11. The van der Waals surface area contributed by atoms with Crippen molar-refractivity contribution in [1.29, 1.82) is 0 Å². The Bertz CT molecular complexity index is 1100. The fourth-order valence-electron chi connectivity index (χ4n) is 4.33. The molecule has 1 aliphatic heterocycles. The Labute approximate surface area is 199 Å². The van der Waals surface area contributed by atoms with Crippen LogP contribution < -0.4 is 4.74 Å². The lowest BCUT2D eigenvalue weighted by molar-refractivity contribution is -0.135. The zero-order chi connectivity index (χ0) is 23.2. The van der Waals surface area contributed by atoms with Gasteiger partial charge in [-0.1, -0.05) is 43.3 Å². The van der Waals surface area contributed by atoms with E-state index in [9.17, 15) is 9.59 Å². The van der Waals surface area contributed by atoms with Crippen molar-refractivity contribution in [3.63, 3.8) is 0 Å². The van der Waals surface area contributed by atoms with Gasteiger partial charge < -0.3 is 14.5 Å². The first-order chi connectivity index (χ1) is 16.1. The number of nitrogens with zero attached hydrogens (tertiary/aromatic N) is 2. The Kier molecular flexibility index (Phi) is 7.45. The smallest absolute Gasteiger partial charge is 0.254 e. The third kappa shape index (κ3) is 5.28. The second-order valence-corrected chi connectivity index (χ2v) is 9.32. The van der Waals surface area contributed by atoms with Crippen molar-refractivity contribution in [2.24, 2.45) is 0 Å². The highest BCUT2D eigenvalue weighted by Gasteiger charge is 2.33. The van der Waals surface area contributed by atoms with E-state index in [4.69, 9.17) is 4.74 Å². The van der Waals surface area contributed by atoms with E-state index >= 15 is 0 Å². The molecule has 1 atom stereocenters. The van der Waals surface area contributed by atoms with Gasteiger partial charge in [0.1, 0.15) is 18.9 Å². The lowest BCUT2D eigenvalue weighted by atomic mass is 10.00. The number of carbonyl (C=O) groups is 2. The molecule has 1 aliphatic rings. The molecule has 0 saturated heterocycles. The number of carbonyl (C=O) groups excluding carboxylic acids is 2. The number of benzene rings is 2. The Hall–Kier alpha value is -3.12. The molecule has 6 heteroatoms. The number of amides is 2. The van der Waals surface area contributed by atoms with Crippen LogP contribution in [0.15, 0.2) is 66.0 Å². The van der Waals surface area contributed by atoms with E-state index in [0.717, 1.165) is 29.7 Å². The molecule has 0 bridgehead atoms. The Morgan fingerprint density at radius 1 is 1.09 bits per heavy atom. The van der Waals surface area contributed by atoms with Crippen LogP contribution in [-0.4, -0.2) is 47.9 Å². The van der Waals surface area contributed by atoms with Crippen LogP contribution in [-0.2, 0) is 11.2 Å². The number of aryl methyl sites for hydroxylation is 1. The molecule has 33 heavy (non-hydrogen) atoms. The van der Waals surface area contributed by atoms with Crippen LogP contribution >= 0.6 is 11.3 Å². The second-order valence-electron chi connectivity index (χ2n) is 8.32. The molecule has 172 valence electrons. The van der Waals surface area contributed by atoms with E-state index in [0.29, 0.717) is 25.3 Å². The molecule has 2 aromatic carbocycles. The topological polar surface area (TPSA) is 49.9 Å². The van der Waals surface area contributed by atoms with E-state index in [2.05, 4.69) is 11.4 Å². The van der Waals surface area contributed by atoms with Crippen LogP contribution in [0, 0.1) is 6.92 Å². The fraction of sp³-hybridized carbons (Fsp3) is 0.333. The fourth-order valence-corrected chi connectivity index (χ4v) is 5.25. The third-order valence-electron chi connectivity index (χ3n) is 6.05. The van der Waals surface area contributed by atoms with Gasteiger partial charge in [-0.2, -0.15) is 0 Å². The van der Waals surface area contributed by atoms with Gasteiger partial charge in [-0.25, -0.2) is 0 Å². The molecule has 0 saturated carbocycles. The maximum Gasteiger partial charge on any atom is 0.254 e. The van der Waals surface area contributed by atoms with Gasteiger partial charge >= 0.3 is 0 Å². The van der Waals surface area contributed by atoms with Gasteiger partial charge in [0, 0.05) is 23.5 Å². The van der Waals surface area contributed by atoms with Crippen LogP contribution in [0.1, 0.15) is 45.7 Å². The van der Waals surface area contributed by atoms with Gasteiger partial charge in [0.2, 0.25) is 5.91 Å². The first kappa shape index (κ1) is 23.1. The summed E-state index contributed by atoms with van der Waals surface area (Å²) in [5, 5.41) is 2.08. The van der Waals surface area contributed by atoms with Gasteiger partial charge in [-0.05, 0) is 60.5 Å². The number of rotatable bonds is 8. The molecule has 2 heterocycles. The van der Waals surface area contributed by atoms with Crippen LogP contribution in [0.2, 0.25) is 0 Å². The number of hydrogen-bond donors (Lipinski definition) is 0. The molecule has 1 unspecified atom stereocenters. The third-order valence-corrected chi connectivity index (χ3v) is 7.05. The number of hydrogen-bond acceptors (Lipinski definition) is 4. The molecule has 0 radical (unpaired) electrons. The normalized spacial score (nSPS) is 15.1. The molecule has 3 aromatic rings. The zero-order valence-electron chi connectivity index (χ0n) is 19.2. The van der Waals surface area contributed by atoms with Crippen LogP contribution in [0.3, 0.4) is 0 Å². The molecule has 5 nitrogen and oxygen atoms in total. The molecule has 1 aromatic heterocycles. The molecule has 2 amide bonds. The van der Waals surface area contributed by atoms with E-state index in [1.165, 1.54) is 4.88 Å². The minimum absolute atomic E-state index is 0.0381. The Morgan fingerprint density at radius 3 is 2.61 bits per heavy atom. The Morgan fingerprint density at radius 2 is 1.85 bits per heavy atom. The summed E-state index contributed by atoms with van der Waals surface area (Å²) in [6.45, 7) is 5.59. The standard InChI is InChI=1S/C27H30N2O3S/c1-3-15-28(27(31)22-12-8-7-9-20(22)2)18-26(30)29-16-13-25-23(14-17-33-25)24(29)19-32-21-10-5-4-6-11-21/h4-12,14,17,24H,3,13,15-16,18-19H2,1-2H3. The zero-order valence-corrected chi connectivity index (χ0v) is 20.0. The molecular weight excluding hydrogens is 432 g/mol. The number of fused-ring (bicyclic) bond motifs is 1. The maximum atomic E-state index is 13.5. The quantitative estimate of drug-likeness (QED) is 0.467. The predicted molar refractivity (Wildman–Crippen MR) is 132 cm³/mol. The molecule has 0 fully saturated rings. The van der Waals surface area contributed by atoms with Gasteiger partial charge in [0.05, 0.1) is 6.04 Å². The summed E-state index contributed by atoms with van der Waals surface area (Å²) in [6, 6.07) is 19.2. The summed E-state index contributed by atoms with van der Waals surface area (Å²) in [6.07, 6.45) is 1.63. The summed E-state index contributed by atoms with van der Waals surface area (Å²) in [7, 11) is 0. The average molecular weight is 463 g/mol. The van der Waals surface area contributed by atoms with E-state index in [-0.39, 0.29) is 24.4 Å². The minimum Gasteiger partial charge on any atom is -0.491 e. The number of thiophene rings is 1. The summed E-state index contributed by atoms with van der Waals surface area (Å²) < 4.78 is 6.07. The largest absolute Gasteiger partial charge is 0.491 e.